The minimum absolute atomic E-state index is 0.123. The number of carbonyl (C=O) groups is 1. The van der Waals surface area contributed by atoms with E-state index in [1.807, 2.05) is 30.3 Å². The molecule has 1 atom stereocenters. The lowest BCUT2D eigenvalue weighted by Gasteiger charge is -2.08. The highest BCUT2D eigenvalue weighted by Gasteiger charge is 2.15. The van der Waals surface area contributed by atoms with Crippen LogP contribution in [-0.4, -0.2) is 19.0 Å². The van der Waals surface area contributed by atoms with Crippen molar-refractivity contribution in [3.05, 3.63) is 30.3 Å². The van der Waals surface area contributed by atoms with Gasteiger partial charge in [-0.2, -0.15) is 0 Å². The molecule has 0 aliphatic carbocycles. The lowest BCUT2D eigenvalue weighted by atomic mass is 10.0. The summed E-state index contributed by atoms with van der Waals surface area (Å²) in [6, 6.07) is 9.62. The van der Waals surface area contributed by atoms with Gasteiger partial charge in [-0.15, -0.1) is 0 Å². The summed E-state index contributed by atoms with van der Waals surface area (Å²) in [5.74, 6) is 0.805. The van der Waals surface area contributed by atoms with Crippen LogP contribution in [0.1, 0.15) is 19.3 Å². The largest absolute Gasteiger partial charge is 0.326 e. The molecule has 0 saturated carbocycles. The molecule has 3 heteroatoms. The highest BCUT2D eigenvalue weighted by Crippen LogP contribution is 2.15. The third kappa shape index (κ3) is 3.35. The number of rotatable bonds is 4. The molecule has 86 valence electrons. The number of nitrogens with one attached hydrogen (secondary N) is 2. The molecule has 16 heavy (non-hydrogen) atoms. The van der Waals surface area contributed by atoms with E-state index >= 15 is 0 Å². The van der Waals surface area contributed by atoms with Gasteiger partial charge in [0.25, 0.3) is 0 Å². The topological polar surface area (TPSA) is 41.1 Å². The van der Waals surface area contributed by atoms with Crippen molar-refractivity contribution in [1.82, 2.24) is 5.32 Å². The third-order valence-electron chi connectivity index (χ3n) is 3.00. The van der Waals surface area contributed by atoms with Crippen molar-refractivity contribution in [3.63, 3.8) is 0 Å². The van der Waals surface area contributed by atoms with Crippen molar-refractivity contribution in [2.75, 3.05) is 18.4 Å². The molecule has 1 aromatic carbocycles. The Hall–Kier alpha value is -1.35. The molecule has 1 aromatic rings. The first-order valence-electron chi connectivity index (χ1n) is 5.90. The van der Waals surface area contributed by atoms with Gasteiger partial charge in [-0.1, -0.05) is 18.2 Å². The predicted molar refractivity (Wildman–Crippen MR) is 65.3 cm³/mol. The molecule has 2 N–H and O–H groups in total. The molecule has 1 aliphatic heterocycles. The Balaban J connectivity index is 1.72. The summed E-state index contributed by atoms with van der Waals surface area (Å²) < 4.78 is 0. The summed E-state index contributed by atoms with van der Waals surface area (Å²) in [6.07, 6.45) is 2.82. The van der Waals surface area contributed by atoms with E-state index in [0.29, 0.717) is 12.3 Å². The predicted octanol–water partition coefficient (Wildman–Crippen LogP) is 2.01. The molecule has 0 radical (unpaired) electrons. The average Bonchev–Trinajstić information content (AvgIpc) is 2.81. The smallest absolute Gasteiger partial charge is 0.224 e. The minimum atomic E-state index is 0.123. The first-order chi connectivity index (χ1) is 7.84. The molecule has 0 spiro atoms. The lowest BCUT2D eigenvalue weighted by Crippen LogP contribution is -2.14. The van der Waals surface area contributed by atoms with Gasteiger partial charge < -0.3 is 10.6 Å². The van der Waals surface area contributed by atoms with E-state index in [9.17, 15) is 4.79 Å². The number of anilines is 1. The highest BCUT2D eigenvalue weighted by atomic mass is 16.1. The van der Waals surface area contributed by atoms with E-state index in [0.717, 1.165) is 25.2 Å². The van der Waals surface area contributed by atoms with Gasteiger partial charge in [-0.05, 0) is 44.0 Å². The molecule has 3 nitrogen and oxygen atoms in total. The van der Waals surface area contributed by atoms with Gasteiger partial charge in [0.1, 0.15) is 0 Å². The van der Waals surface area contributed by atoms with Crippen molar-refractivity contribution in [2.45, 2.75) is 19.3 Å². The van der Waals surface area contributed by atoms with Crippen LogP contribution in [0.3, 0.4) is 0 Å². The Morgan fingerprint density at radius 2 is 2.19 bits per heavy atom. The van der Waals surface area contributed by atoms with Gasteiger partial charge in [0.15, 0.2) is 0 Å². The number of hydrogen-bond donors (Lipinski definition) is 2. The second-order valence-corrected chi connectivity index (χ2v) is 4.31. The minimum Gasteiger partial charge on any atom is -0.326 e. The van der Waals surface area contributed by atoms with Crippen LogP contribution >= 0.6 is 0 Å². The molecule has 1 saturated heterocycles. The van der Waals surface area contributed by atoms with Crippen LogP contribution in [0.4, 0.5) is 5.69 Å². The van der Waals surface area contributed by atoms with Crippen LogP contribution in [0.2, 0.25) is 0 Å². The molecule has 1 fully saturated rings. The normalized spacial score (nSPS) is 19.6. The Kier molecular flexibility index (Phi) is 3.94. The highest BCUT2D eigenvalue weighted by molar-refractivity contribution is 5.90. The number of carbonyl (C=O) groups excluding carboxylic acids is 1. The Bertz CT molecular complexity index is 331. The van der Waals surface area contributed by atoms with Gasteiger partial charge in [-0.25, -0.2) is 0 Å². The van der Waals surface area contributed by atoms with E-state index < -0.39 is 0 Å². The molecule has 1 amide bonds. The molecule has 2 rings (SSSR count). The second-order valence-electron chi connectivity index (χ2n) is 4.31. The van der Waals surface area contributed by atoms with E-state index in [4.69, 9.17) is 0 Å². The van der Waals surface area contributed by atoms with Crippen molar-refractivity contribution in [2.24, 2.45) is 5.92 Å². The summed E-state index contributed by atoms with van der Waals surface area (Å²) in [5.41, 5.74) is 0.886. The van der Waals surface area contributed by atoms with Crippen molar-refractivity contribution in [1.29, 1.82) is 0 Å². The van der Waals surface area contributed by atoms with Crippen LogP contribution in [0, 0.1) is 5.92 Å². The monoisotopic (exact) mass is 218 g/mol. The number of para-hydroxylation sites is 1. The summed E-state index contributed by atoms with van der Waals surface area (Å²) in [4.78, 5) is 11.6. The van der Waals surface area contributed by atoms with Crippen molar-refractivity contribution >= 4 is 11.6 Å². The van der Waals surface area contributed by atoms with Gasteiger partial charge >= 0.3 is 0 Å². The fourth-order valence-electron chi connectivity index (χ4n) is 2.04. The Labute approximate surface area is 96.2 Å². The maximum atomic E-state index is 11.6. The molecule has 0 bridgehead atoms. The fourth-order valence-corrected chi connectivity index (χ4v) is 2.04. The lowest BCUT2D eigenvalue weighted by molar-refractivity contribution is -0.116. The zero-order valence-corrected chi connectivity index (χ0v) is 9.41. The summed E-state index contributed by atoms with van der Waals surface area (Å²) in [5, 5.41) is 6.22. The number of amides is 1. The van der Waals surface area contributed by atoms with Gasteiger partial charge in [0.2, 0.25) is 5.91 Å². The number of benzene rings is 1. The quantitative estimate of drug-likeness (QED) is 0.811. The van der Waals surface area contributed by atoms with Crippen LogP contribution in [0.5, 0.6) is 0 Å². The maximum absolute atomic E-state index is 11.6. The molecule has 1 unspecified atom stereocenters. The van der Waals surface area contributed by atoms with Gasteiger partial charge in [-0.3, -0.25) is 4.79 Å². The first kappa shape index (κ1) is 11.1. The summed E-state index contributed by atoms with van der Waals surface area (Å²) >= 11 is 0. The zero-order chi connectivity index (χ0) is 11.2. The van der Waals surface area contributed by atoms with Crippen LogP contribution < -0.4 is 10.6 Å². The van der Waals surface area contributed by atoms with Crippen molar-refractivity contribution in [3.8, 4) is 0 Å². The average molecular weight is 218 g/mol. The van der Waals surface area contributed by atoms with Crippen LogP contribution in [-0.2, 0) is 4.79 Å². The van der Waals surface area contributed by atoms with Crippen LogP contribution in [0.15, 0.2) is 30.3 Å². The van der Waals surface area contributed by atoms with E-state index in [2.05, 4.69) is 10.6 Å². The van der Waals surface area contributed by atoms with Gasteiger partial charge in [0, 0.05) is 12.1 Å². The van der Waals surface area contributed by atoms with E-state index in [-0.39, 0.29) is 5.91 Å². The van der Waals surface area contributed by atoms with E-state index in [1.54, 1.807) is 0 Å². The first-order valence-corrected chi connectivity index (χ1v) is 5.90. The third-order valence-corrected chi connectivity index (χ3v) is 3.00. The molecule has 0 aromatic heterocycles. The van der Waals surface area contributed by atoms with Gasteiger partial charge in [0.05, 0.1) is 0 Å². The molecule has 1 heterocycles. The summed E-state index contributed by atoms with van der Waals surface area (Å²) in [6.45, 7) is 2.17. The molecular weight excluding hydrogens is 200 g/mol. The standard InChI is InChI=1S/C13H18N2O/c16-13(7-6-11-8-9-14-10-11)15-12-4-2-1-3-5-12/h1-5,11,14H,6-10H2,(H,15,16). The zero-order valence-electron chi connectivity index (χ0n) is 9.41. The second kappa shape index (κ2) is 5.66. The number of hydrogen-bond acceptors (Lipinski definition) is 2. The fraction of sp³-hybridized carbons (Fsp3) is 0.462. The SMILES string of the molecule is O=C(CCC1CCNC1)Nc1ccccc1. The Morgan fingerprint density at radius 1 is 1.38 bits per heavy atom. The maximum Gasteiger partial charge on any atom is 0.224 e. The van der Waals surface area contributed by atoms with E-state index in [1.165, 1.54) is 6.42 Å². The van der Waals surface area contributed by atoms with Crippen molar-refractivity contribution < 1.29 is 4.79 Å². The molecule has 1 aliphatic rings. The van der Waals surface area contributed by atoms with Crippen LogP contribution in [0.25, 0.3) is 0 Å². The Morgan fingerprint density at radius 3 is 2.88 bits per heavy atom. The molecular formula is C13H18N2O. The summed E-state index contributed by atoms with van der Waals surface area (Å²) in [7, 11) is 0.